The van der Waals surface area contributed by atoms with Crippen LogP contribution in [0.25, 0.3) is 0 Å². The molecule has 1 aromatic rings. The van der Waals surface area contributed by atoms with Crippen LogP contribution in [-0.4, -0.2) is 52.2 Å². The summed E-state index contributed by atoms with van der Waals surface area (Å²) in [6.45, 7) is 2.90. The summed E-state index contributed by atoms with van der Waals surface area (Å²) in [6, 6.07) is 0.130. The van der Waals surface area contributed by atoms with Crippen molar-refractivity contribution in [1.29, 1.82) is 0 Å². The molecule has 0 spiro atoms. The Morgan fingerprint density at radius 1 is 1.43 bits per heavy atom. The number of nitrogens with zero attached hydrogens (tertiary/aromatic N) is 2. The molecule has 2 aliphatic rings. The number of carboxylic acid groups (broad SMARTS) is 1. The minimum absolute atomic E-state index is 0.0957. The number of aliphatic carboxylic acids is 1. The predicted octanol–water partition coefficient (Wildman–Crippen LogP) is 1.90. The molecule has 8 heteroatoms. The molecule has 7 nitrogen and oxygen atoms in total. The quantitative estimate of drug-likeness (QED) is 0.706. The normalized spacial score (nSPS) is 23.4. The summed E-state index contributed by atoms with van der Waals surface area (Å²) in [5, 5.41) is 15.3. The zero-order valence-electron chi connectivity index (χ0n) is 13.1. The van der Waals surface area contributed by atoms with Gasteiger partial charge in [0.1, 0.15) is 0 Å². The summed E-state index contributed by atoms with van der Waals surface area (Å²) >= 11 is 1.44. The van der Waals surface area contributed by atoms with Gasteiger partial charge in [0, 0.05) is 29.7 Å². The van der Waals surface area contributed by atoms with Crippen molar-refractivity contribution in [2.45, 2.75) is 44.7 Å². The molecule has 0 aliphatic heterocycles. The SMILES string of the molecule is Cc1cnc(NC(=O)NC2CC(N(CC(=O)O)CC3CC3)C2)s1. The van der Waals surface area contributed by atoms with Crippen molar-refractivity contribution >= 4 is 28.5 Å². The third-order valence-electron chi connectivity index (χ3n) is 4.33. The van der Waals surface area contributed by atoms with Gasteiger partial charge in [-0.3, -0.25) is 15.0 Å². The van der Waals surface area contributed by atoms with Crippen molar-refractivity contribution in [1.82, 2.24) is 15.2 Å². The van der Waals surface area contributed by atoms with Crippen LogP contribution in [0.2, 0.25) is 0 Å². The fourth-order valence-corrected chi connectivity index (χ4v) is 3.54. The van der Waals surface area contributed by atoms with E-state index in [1.165, 1.54) is 24.2 Å². The van der Waals surface area contributed by atoms with Gasteiger partial charge in [-0.1, -0.05) is 0 Å². The first-order valence-electron chi connectivity index (χ1n) is 7.95. The van der Waals surface area contributed by atoms with Crippen molar-refractivity contribution in [2.75, 3.05) is 18.4 Å². The molecule has 1 aromatic heterocycles. The molecule has 0 saturated heterocycles. The van der Waals surface area contributed by atoms with Crippen LogP contribution in [0, 0.1) is 12.8 Å². The van der Waals surface area contributed by atoms with E-state index in [1.807, 2.05) is 6.92 Å². The number of carbonyl (C=O) groups is 2. The highest BCUT2D eigenvalue weighted by molar-refractivity contribution is 7.15. The lowest BCUT2D eigenvalue weighted by molar-refractivity contribution is -0.139. The van der Waals surface area contributed by atoms with Crippen molar-refractivity contribution in [2.24, 2.45) is 5.92 Å². The van der Waals surface area contributed by atoms with E-state index in [0.717, 1.165) is 24.3 Å². The van der Waals surface area contributed by atoms with E-state index in [0.29, 0.717) is 11.0 Å². The van der Waals surface area contributed by atoms with Crippen LogP contribution in [0.1, 0.15) is 30.6 Å². The molecule has 0 unspecified atom stereocenters. The molecule has 0 aromatic carbocycles. The first-order chi connectivity index (χ1) is 11.0. The van der Waals surface area contributed by atoms with Gasteiger partial charge >= 0.3 is 12.0 Å². The molecule has 0 radical (unpaired) electrons. The second-order valence-corrected chi connectivity index (χ2v) is 7.70. The van der Waals surface area contributed by atoms with Crippen LogP contribution in [0.5, 0.6) is 0 Å². The molecule has 0 bridgehead atoms. The summed E-state index contributed by atoms with van der Waals surface area (Å²) in [5.41, 5.74) is 0. The maximum atomic E-state index is 11.9. The standard InChI is InChI=1S/C15H22N4O3S/c1-9-6-16-15(23-9)18-14(22)17-11-4-12(5-11)19(8-13(20)21)7-10-2-3-10/h6,10-12H,2-5,7-8H2,1H3,(H,20,21)(H2,16,17,18,22). The number of hydrogen-bond donors (Lipinski definition) is 3. The Hall–Kier alpha value is -1.67. The molecule has 126 valence electrons. The minimum atomic E-state index is -0.779. The average Bonchev–Trinajstić information content (AvgIpc) is 3.14. The molecule has 3 N–H and O–H groups in total. The molecule has 3 rings (SSSR count). The third kappa shape index (κ3) is 4.65. The van der Waals surface area contributed by atoms with Gasteiger partial charge in [-0.25, -0.2) is 9.78 Å². The van der Waals surface area contributed by atoms with E-state index in [-0.39, 0.29) is 24.7 Å². The first-order valence-corrected chi connectivity index (χ1v) is 8.77. The molecular formula is C15H22N4O3S. The third-order valence-corrected chi connectivity index (χ3v) is 5.16. The summed E-state index contributed by atoms with van der Waals surface area (Å²) < 4.78 is 0. The number of amides is 2. The van der Waals surface area contributed by atoms with Crippen LogP contribution in [0.15, 0.2) is 6.20 Å². The number of nitrogens with one attached hydrogen (secondary N) is 2. The predicted molar refractivity (Wildman–Crippen MR) is 87.7 cm³/mol. The van der Waals surface area contributed by atoms with Crippen molar-refractivity contribution in [3.8, 4) is 0 Å². The van der Waals surface area contributed by atoms with Crippen LogP contribution in [0.3, 0.4) is 0 Å². The Labute approximate surface area is 139 Å². The highest BCUT2D eigenvalue weighted by Gasteiger charge is 2.37. The Morgan fingerprint density at radius 2 is 2.17 bits per heavy atom. The number of hydrogen-bond acceptors (Lipinski definition) is 5. The van der Waals surface area contributed by atoms with E-state index < -0.39 is 5.97 Å². The number of carboxylic acids is 1. The maximum absolute atomic E-state index is 11.9. The molecule has 2 amide bonds. The molecule has 2 saturated carbocycles. The number of anilines is 1. The number of carbonyl (C=O) groups excluding carboxylic acids is 1. The fourth-order valence-electron chi connectivity index (χ4n) is 2.88. The number of aromatic nitrogens is 1. The fraction of sp³-hybridized carbons (Fsp3) is 0.667. The highest BCUT2D eigenvalue weighted by Crippen LogP contribution is 2.33. The lowest BCUT2D eigenvalue weighted by atomic mass is 9.85. The topological polar surface area (TPSA) is 94.6 Å². The van der Waals surface area contributed by atoms with E-state index in [1.54, 1.807) is 6.20 Å². The molecule has 1 heterocycles. The Bertz CT molecular complexity index is 581. The molecule has 23 heavy (non-hydrogen) atoms. The Balaban J connectivity index is 1.41. The zero-order valence-corrected chi connectivity index (χ0v) is 13.9. The van der Waals surface area contributed by atoms with Crippen LogP contribution < -0.4 is 10.6 Å². The molecular weight excluding hydrogens is 316 g/mol. The van der Waals surface area contributed by atoms with E-state index in [9.17, 15) is 9.59 Å². The van der Waals surface area contributed by atoms with Gasteiger partial charge in [0.2, 0.25) is 0 Å². The van der Waals surface area contributed by atoms with Gasteiger partial charge in [-0.2, -0.15) is 0 Å². The van der Waals surface area contributed by atoms with Gasteiger partial charge in [0.25, 0.3) is 0 Å². The monoisotopic (exact) mass is 338 g/mol. The average molecular weight is 338 g/mol. The van der Waals surface area contributed by atoms with Crippen LogP contribution >= 0.6 is 11.3 Å². The summed E-state index contributed by atoms with van der Waals surface area (Å²) in [6.07, 6.45) is 5.76. The van der Waals surface area contributed by atoms with Crippen LogP contribution in [0.4, 0.5) is 9.93 Å². The van der Waals surface area contributed by atoms with Crippen molar-refractivity contribution < 1.29 is 14.7 Å². The lowest BCUT2D eigenvalue weighted by Crippen LogP contribution is -2.55. The van der Waals surface area contributed by atoms with Crippen molar-refractivity contribution in [3.63, 3.8) is 0 Å². The highest BCUT2D eigenvalue weighted by atomic mass is 32.1. The summed E-state index contributed by atoms with van der Waals surface area (Å²) in [5.74, 6) is -0.114. The van der Waals surface area contributed by atoms with E-state index >= 15 is 0 Å². The van der Waals surface area contributed by atoms with Gasteiger partial charge in [-0.15, -0.1) is 11.3 Å². The first kappa shape index (κ1) is 16.2. The maximum Gasteiger partial charge on any atom is 0.321 e. The molecule has 0 atom stereocenters. The van der Waals surface area contributed by atoms with Crippen molar-refractivity contribution in [3.05, 3.63) is 11.1 Å². The summed E-state index contributed by atoms with van der Waals surface area (Å²) in [4.78, 5) is 30.1. The van der Waals surface area contributed by atoms with E-state index in [4.69, 9.17) is 5.11 Å². The minimum Gasteiger partial charge on any atom is -0.480 e. The second kappa shape index (κ2) is 6.84. The Kier molecular flexibility index (Phi) is 4.82. The number of thiazole rings is 1. The zero-order chi connectivity index (χ0) is 16.4. The number of rotatable bonds is 7. The summed E-state index contributed by atoms with van der Waals surface area (Å²) in [7, 11) is 0. The van der Waals surface area contributed by atoms with Gasteiger partial charge in [0.05, 0.1) is 6.54 Å². The Morgan fingerprint density at radius 3 is 2.74 bits per heavy atom. The molecule has 2 aliphatic carbocycles. The van der Waals surface area contributed by atoms with Gasteiger partial charge in [-0.05, 0) is 38.5 Å². The lowest BCUT2D eigenvalue weighted by Gasteiger charge is -2.42. The van der Waals surface area contributed by atoms with Crippen LogP contribution in [-0.2, 0) is 4.79 Å². The van der Waals surface area contributed by atoms with Gasteiger partial charge in [0.15, 0.2) is 5.13 Å². The van der Waals surface area contributed by atoms with Gasteiger partial charge < -0.3 is 10.4 Å². The molecule has 2 fully saturated rings. The van der Waals surface area contributed by atoms with E-state index in [2.05, 4.69) is 20.5 Å². The number of urea groups is 1. The second-order valence-electron chi connectivity index (χ2n) is 6.46. The largest absolute Gasteiger partial charge is 0.480 e. The smallest absolute Gasteiger partial charge is 0.321 e. The number of aryl methyl sites for hydroxylation is 1.